The van der Waals surface area contributed by atoms with Gasteiger partial charge in [-0.3, -0.25) is 9.80 Å². The first-order valence-corrected chi connectivity index (χ1v) is 12.7. The van der Waals surface area contributed by atoms with Crippen molar-refractivity contribution in [1.82, 2.24) is 20.4 Å². The Labute approximate surface area is 213 Å². The van der Waals surface area contributed by atoms with Crippen molar-refractivity contribution in [1.29, 1.82) is 0 Å². The molecule has 2 aliphatic rings. The molecule has 2 aromatic carbocycles. The minimum Gasteiger partial charge on any atom is -0.491 e. The fourth-order valence-electron chi connectivity index (χ4n) is 4.62. The van der Waals surface area contributed by atoms with Crippen LogP contribution in [0.4, 0.5) is 4.79 Å². The molecule has 0 saturated carbocycles. The predicted octanol–water partition coefficient (Wildman–Crippen LogP) is 3.46. The van der Waals surface area contributed by atoms with E-state index in [0.29, 0.717) is 17.8 Å². The van der Waals surface area contributed by atoms with E-state index >= 15 is 0 Å². The minimum absolute atomic E-state index is 0.0594. The van der Waals surface area contributed by atoms with Crippen LogP contribution in [-0.4, -0.2) is 67.2 Å². The van der Waals surface area contributed by atoms with E-state index in [9.17, 15) is 9.59 Å². The summed E-state index contributed by atoms with van der Waals surface area (Å²) in [5.41, 5.74) is 3.15. The highest BCUT2D eigenvalue weighted by Crippen LogP contribution is 2.30. The molecule has 192 valence electrons. The molecule has 36 heavy (non-hydrogen) atoms. The molecule has 8 heteroatoms. The number of ether oxygens (including phenoxy) is 2. The zero-order chi connectivity index (χ0) is 25.5. The molecule has 0 radical (unpaired) electrons. The zero-order valence-corrected chi connectivity index (χ0v) is 21.3. The summed E-state index contributed by atoms with van der Waals surface area (Å²) in [4.78, 5) is 30.4. The third-order valence-electron chi connectivity index (χ3n) is 6.33. The lowest BCUT2D eigenvalue weighted by Gasteiger charge is -2.37. The summed E-state index contributed by atoms with van der Waals surface area (Å²) in [5.74, 6) is 0.319. The monoisotopic (exact) mass is 492 g/mol. The third-order valence-corrected chi connectivity index (χ3v) is 6.33. The maximum Gasteiger partial charge on any atom is 0.338 e. The summed E-state index contributed by atoms with van der Waals surface area (Å²) in [6.07, 6.45) is 0.0594. The van der Waals surface area contributed by atoms with Crippen molar-refractivity contribution in [2.45, 2.75) is 39.5 Å². The van der Waals surface area contributed by atoms with Crippen LogP contribution in [-0.2, 0) is 16.1 Å². The van der Waals surface area contributed by atoms with Crippen LogP contribution in [0.25, 0.3) is 0 Å². The van der Waals surface area contributed by atoms with Gasteiger partial charge in [0.15, 0.2) is 0 Å². The van der Waals surface area contributed by atoms with Crippen molar-refractivity contribution in [3.63, 3.8) is 0 Å². The number of nitrogens with zero attached hydrogens (tertiary/aromatic N) is 2. The average Bonchev–Trinajstić information content (AvgIpc) is 2.86. The van der Waals surface area contributed by atoms with E-state index in [2.05, 4.69) is 44.7 Å². The van der Waals surface area contributed by atoms with Crippen molar-refractivity contribution >= 4 is 12.0 Å². The Bertz CT molecular complexity index is 1060. The summed E-state index contributed by atoms with van der Waals surface area (Å²) in [6, 6.07) is 17.0. The summed E-state index contributed by atoms with van der Waals surface area (Å²) in [5, 5.41) is 5.80. The van der Waals surface area contributed by atoms with Crippen LogP contribution in [0, 0.1) is 0 Å². The molecule has 2 aliphatic heterocycles. The standard InChI is InChI=1S/C28H36N4O4/c1-4-35-27(33)25-24(19-32-16-14-31(15-17-32)18-21-8-6-5-7-9-21)29-28(34)30-26(25)22-10-12-23(13-11-22)36-20(2)3/h5-13,20,26H,4,14-19H2,1-3H3,(H2,29,30,34)/t26-/m0/s1. The van der Waals surface area contributed by atoms with Gasteiger partial charge in [0.2, 0.25) is 0 Å². The van der Waals surface area contributed by atoms with Crippen molar-refractivity contribution in [2.24, 2.45) is 0 Å². The number of rotatable bonds is 9. The first kappa shape index (κ1) is 25.7. The Morgan fingerprint density at radius 1 is 0.972 bits per heavy atom. The predicted molar refractivity (Wildman–Crippen MR) is 138 cm³/mol. The van der Waals surface area contributed by atoms with Gasteiger partial charge in [-0.25, -0.2) is 9.59 Å². The lowest BCUT2D eigenvalue weighted by atomic mass is 9.94. The van der Waals surface area contributed by atoms with Gasteiger partial charge < -0.3 is 20.1 Å². The smallest absolute Gasteiger partial charge is 0.338 e. The number of hydrogen-bond acceptors (Lipinski definition) is 6. The molecule has 4 rings (SSSR count). The van der Waals surface area contributed by atoms with Crippen LogP contribution in [0.2, 0.25) is 0 Å². The summed E-state index contributed by atoms with van der Waals surface area (Å²) >= 11 is 0. The van der Waals surface area contributed by atoms with E-state index in [1.807, 2.05) is 44.2 Å². The lowest BCUT2D eigenvalue weighted by molar-refractivity contribution is -0.139. The van der Waals surface area contributed by atoms with E-state index in [4.69, 9.17) is 9.47 Å². The summed E-state index contributed by atoms with van der Waals surface area (Å²) < 4.78 is 11.2. The van der Waals surface area contributed by atoms with Gasteiger partial charge in [0.05, 0.1) is 24.3 Å². The normalized spacial score (nSPS) is 19.1. The van der Waals surface area contributed by atoms with Gasteiger partial charge in [0.1, 0.15) is 5.75 Å². The molecule has 0 aromatic heterocycles. The molecule has 8 nitrogen and oxygen atoms in total. The van der Waals surface area contributed by atoms with E-state index in [-0.39, 0.29) is 18.7 Å². The minimum atomic E-state index is -0.597. The van der Waals surface area contributed by atoms with Crippen LogP contribution in [0.1, 0.15) is 37.9 Å². The number of carbonyl (C=O) groups excluding carboxylic acids is 2. The molecular formula is C28H36N4O4. The van der Waals surface area contributed by atoms with Crippen molar-refractivity contribution < 1.29 is 19.1 Å². The van der Waals surface area contributed by atoms with Crippen LogP contribution in [0.5, 0.6) is 5.75 Å². The Hall–Kier alpha value is -3.36. The summed E-state index contributed by atoms with van der Waals surface area (Å²) in [7, 11) is 0. The van der Waals surface area contributed by atoms with Crippen molar-refractivity contribution in [3.05, 3.63) is 77.0 Å². The lowest BCUT2D eigenvalue weighted by Crippen LogP contribution is -2.51. The number of esters is 1. The third kappa shape index (κ3) is 6.65. The number of amides is 2. The van der Waals surface area contributed by atoms with Crippen molar-refractivity contribution in [3.8, 4) is 5.75 Å². The zero-order valence-electron chi connectivity index (χ0n) is 21.3. The average molecular weight is 493 g/mol. The van der Waals surface area contributed by atoms with E-state index < -0.39 is 12.0 Å². The maximum absolute atomic E-state index is 13.1. The van der Waals surface area contributed by atoms with Gasteiger partial charge in [-0.15, -0.1) is 0 Å². The van der Waals surface area contributed by atoms with E-state index in [1.165, 1.54) is 5.56 Å². The molecule has 2 heterocycles. The van der Waals surface area contributed by atoms with Gasteiger partial charge in [0.25, 0.3) is 0 Å². The Balaban J connectivity index is 1.50. The first-order valence-electron chi connectivity index (χ1n) is 12.7. The molecule has 1 saturated heterocycles. The molecule has 2 N–H and O–H groups in total. The van der Waals surface area contributed by atoms with Gasteiger partial charge in [-0.1, -0.05) is 42.5 Å². The van der Waals surface area contributed by atoms with Gasteiger partial charge in [0, 0.05) is 45.0 Å². The molecule has 2 amide bonds. The van der Waals surface area contributed by atoms with Crippen LogP contribution >= 0.6 is 0 Å². The molecule has 1 fully saturated rings. The maximum atomic E-state index is 13.1. The number of carbonyl (C=O) groups is 2. The molecule has 2 aromatic rings. The molecule has 1 atom stereocenters. The number of nitrogens with one attached hydrogen (secondary N) is 2. The number of urea groups is 1. The molecule has 0 aliphatic carbocycles. The van der Waals surface area contributed by atoms with Gasteiger partial charge >= 0.3 is 12.0 Å². The Kier molecular flexibility index (Phi) is 8.61. The Morgan fingerprint density at radius 3 is 2.22 bits per heavy atom. The highest BCUT2D eigenvalue weighted by atomic mass is 16.5. The number of piperazine rings is 1. The second-order valence-electron chi connectivity index (χ2n) is 9.42. The fourth-order valence-corrected chi connectivity index (χ4v) is 4.62. The first-order chi connectivity index (χ1) is 17.4. The second kappa shape index (κ2) is 12.1. The fraction of sp³-hybridized carbons (Fsp3) is 0.429. The number of benzene rings is 2. The molecule has 0 spiro atoms. The Morgan fingerprint density at radius 2 is 1.61 bits per heavy atom. The van der Waals surface area contributed by atoms with E-state index in [0.717, 1.165) is 44.0 Å². The van der Waals surface area contributed by atoms with Crippen molar-refractivity contribution in [2.75, 3.05) is 39.3 Å². The van der Waals surface area contributed by atoms with Crippen LogP contribution in [0.3, 0.4) is 0 Å². The highest BCUT2D eigenvalue weighted by Gasteiger charge is 2.34. The molecular weight excluding hydrogens is 456 g/mol. The largest absolute Gasteiger partial charge is 0.491 e. The topological polar surface area (TPSA) is 83.1 Å². The van der Waals surface area contributed by atoms with Crippen LogP contribution < -0.4 is 15.4 Å². The SMILES string of the molecule is CCOC(=O)C1=C(CN2CCN(Cc3ccccc3)CC2)NC(=O)N[C@H]1c1ccc(OC(C)C)cc1. The summed E-state index contributed by atoms with van der Waals surface area (Å²) in [6.45, 7) is 10.9. The molecule has 0 bridgehead atoms. The van der Waals surface area contributed by atoms with E-state index in [1.54, 1.807) is 6.92 Å². The number of hydrogen-bond donors (Lipinski definition) is 2. The van der Waals surface area contributed by atoms with Gasteiger partial charge in [-0.05, 0) is 44.0 Å². The van der Waals surface area contributed by atoms with Crippen LogP contribution in [0.15, 0.2) is 65.9 Å². The van der Waals surface area contributed by atoms with Gasteiger partial charge in [-0.2, -0.15) is 0 Å². The molecule has 0 unspecified atom stereocenters. The highest BCUT2D eigenvalue weighted by molar-refractivity contribution is 5.95. The second-order valence-corrected chi connectivity index (χ2v) is 9.42. The quantitative estimate of drug-likeness (QED) is 0.522.